The normalized spacial score (nSPS) is 10.6. The van der Waals surface area contributed by atoms with Crippen LogP contribution in [0, 0.1) is 0 Å². The number of fused-ring (bicyclic) bond motifs is 1. The Labute approximate surface area is 97.3 Å². The third-order valence-corrected chi connectivity index (χ3v) is 3.41. The van der Waals surface area contributed by atoms with E-state index in [9.17, 15) is 4.79 Å². The zero-order valence-corrected chi connectivity index (χ0v) is 10.0. The summed E-state index contributed by atoms with van der Waals surface area (Å²) in [6, 6.07) is 5.45. The fourth-order valence-corrected chi connectivity index (χ4v) is 2.47. The van der Waals surface area contributed by atoms with Gasteiger partial charge < -0.3 is 4.74 Å². The van der Waals surface area contributed by atoms with Crippen molar-refractivity contribution in [1.82, 2.24) is 0 Å². The first kappa shape index (κ1) is 10.9. The summed E-state index contributed by atoms with van der Waals surface area (Å²) in [5, 5.41) is 0.719. The van der Waals surface area contributed by atoms with Gasteiger partial charge in [0.2, 0.25) is 0 Å². The van der Waals surface area contributed by atoms with Gasteiger partial charge in [0.25, 0.3) is 0 Å². The zero-order chi connectivity index (χ0) is 11.7. The molecule has 5 heteroatoms. The van der Waals surface area contributed by atoms with Gasteiger partial charge in [-0.15, -0.1) is 0 Å². The van der Waals surface area contributed by atoms with E-state index in [0.29, 0.717) is 12.2 Å². The lowest BCUT2D eigenvalue weighted by atomic mass is 10.2. The predicted molar refractivity (Wildman–Crippen MR) is 63.4 cm³/mol. The summed E-state index contributed by atoms with van der Waals surface area (Å²) in [5.74, 6) is -0.293. The van der Waals surface area contributed by atoms with Gasteiger partial charge in [0.05, 0.1) is 23.9 Å². The number of anilines is 1. The Morgan fingerprint density at radius 2 is 2.31 bits per heavy atom. The maximum atomic E-state index is 11.5. The van der Waals surface area contributed by atoms with Crippen molar-refractivity contribution in [2.45, 2.75) is 6.92 Å². The Hall–Kier alpha value is -1.62. The van der Waals surface area contributed by atoms with E-state index in [1.165, 1.54) is 11.3 Å². The molecule has 2 N–H and O–H groups in total. The summed E-state index contributed by atoms with van der Waals surface area (Å²) in [6.07, 6.45) is 0. The van der Waals surface area contributed by atoms with Crippen LogP contribution in [0.3, 0.4) is 0 Å². The Bertz CT molecular complexity index is 548. The van der Waals surface area contributed by atoms with Crippen LogP contribution in [0.5, 0.6) is 0 Å². The van der Waals surface area contributed by atoms with Gasteiger partial charge in [0.1, 0.15) is 5.52 Å². The smallest absolute Gasteiger partial charge is 0.338 e. The minimum absolute atomic E-state index is 0.293. The Morgan fingerprint density at radius 1 is 1.56 bits per heavy atom. The first-order valence-corrected chi connectivity index (χ1v) is 5.80. The molecule has 1 aromatic carbocycles. The molecule has 0 saturated carbocycles. The number of esters is 1. The molecule has 4 nitrogen and oxygen atoms in total. The topological polar surface area (TPSA) is 56.2 Å². The maximum Gasteiger partial charge on any atom is 0.338 e. The Kier molecular flexibility index (Phi) is 2.78. The van der Waals surface area contributed by atoms with Crippen molar-refractivity contribution >= 4 is 32.7 Å². The number of aromatic nitrogens is 1. The molecule has 0 fully saturated rings. The van der Waals surface area contributed by atoms with Gasteiger partial charge in [0.15, 0.2) is 0 Å². The van der Waals surface area contributed by atoms with E-state index in [4.69, 9.17) is 10.5 Å². The number of carbonyl (C=O) groups excluding carboxylic acids is 1. The number of carbonyl (C=O) groups is 1. The molecule has 0 aliphatic carbocycles. The molecule has 1 aromatic heterocycles. The number of aryl methyl sites for hydroxylation is 1. The Morgan fingerprint density at radius 3 is 3.00 bits per heavy atom. The number of hydrogen-bond donors (Lipinski definition) is 1. The number of nitrogen functional groups attached to an aromatic ring is 1. The molecule has 0 aliphatic heterocycles. The summed E-state index contributed by atoms with van der Waals surface area (Å²) >= 11 is 1.46. The van der Waals surface area contributed by atoms with E-state index in [-0.39, 0.29) is 5.97 Å². The number of benzene rings is 1. The van der Waals surface area contributed by atoms with Gasteiger partial charge >= 0.3 is 11.1 Å². The van der Waals surface area contributed by atoms with Crippen LogP contribution in [-0.4, -0.2) is 12.6 Å². The van der Waals surface area contributed by atoms with Crippen LogP contribution in [0.2, 0.25) is 0 Å². The molecule has 16 heavy (non-hydrogen) atoms. The zero-order valence-electron chi connectivity index (χ0n) is 9.19. The summed E-state index contributed by atoms with van der Waals surface area (Å²) in [5.41, 5.74) is 7.39. The lowest BCUT2D eigenvalue weighted by molar-refractivity contribution is -0.626. The SMILES string of the molecule is CCOC(=O)c1ccc2c(c1)sc(N)[n+]2C. The fraction of sp³-hybridized carbons (Fsp3) is 0.273. The molecule has 0 saturated heterocycles. The van der Waals surface area contributed by atoms with Crippen molar-refractivity contribution in [3.05, 3.63) is 23.8 Å². The summed E-state index contributed by atoms with van der Waals surface area (Å²) < 4.78 is 7.83. The highest BCUT2D eigenvalue weighted by molar-refractivity contribution is 7.21. The van der Waals surface area contributed by atoms with Crippen molar-refractivity contribution in [3.8, 4) is 0 Å². The van der Waals surface area contributed by atoms with Crippen LogP contribution in [-0.2, 0) is 11.8 Å². The van der Waals surface area contributed by atoms with Gasteiger partial charge in [-0.1, -0.05) is 0 Å². The van der Waals surface area contributed by atoms with E-state index in [2.05, 4.69) is 0 Å². The van der Waals surface area contributed by atoms with E-state index >= 15 is 0 Å². The minimum atomic E-state index is -0.293. The first-order chi connectivity index (χ1) is 7.63. The molecule has 0 radical (unpaired) electrons. The van der Waals surface area contributed by atoms with Gasteiger partial charge in [-0.05, 0) is 36.5 Å². The lowest BCUT2D eigenvalue weighted by Gasteiger charge is -2.00. The lowest BCUT2D eigenvalue weighted by Crippen LogP contribution is -2.29. The molecular weight excluding hydrogens is 224 g/mol. The first-order valence-electron chi connectivity index (χ1n) is 4.98. The molecule has 0 amide bonds. The van der Waals surface area contributed by atoms with E-state index in [0.717, 1.165) is 15.3 Å². The summed E-state index contributed by atoms with van der Waals surface area (Å²) in [7, 11) is 1.90. The number of rotatable bonds is 2. The van der Waals surface area contributed by atoms with Crippen molar-refractivity contribution in [3.63, 3.8) is 0 Å². The van der Waals surface area contributed by atoms with Crippen molar-refractivity contribution in [1.29, 1.82) is 0 Å². The van der Waals surface area contributed by atoms with Crippen LogP contribution in [0.1, 0.15) is 17.3 Å². The second-order valence-electron chi connectivity index (χ2n) is 3.40. The molecule has 84 valence electrons. The molecule has 1 heterocycles. The number of nitrogens with zero attached hydrogens (tertiary/aromatic N) is 1. The van der Waals surface area contributed by atoms with Crippen LogP contribution >= 0.6 is 11.3 Å². The minimum Gasteiger partial charge on any atom is -0.462 e. The summed E-state index contributed by atoms with van der Waals surface area (Å²) in [4.78, 5) is 11.5. The van der Waals surface area contributed by atoms with Crippen molar-refractivity contribution in [2.24, 2.45) is 7.05 Å². The number of ether oxygens (including phenoxy) is 1. The molecule has 0 unspecified atom stereocenters. The Balaban J connectivity index is 2.48. The van der Waals surface area contributed by atoms with Crippen LogP contribution in [0.15, 0.2) is 18.2 Å². The molecular formula is C11H13N2O2S+. The molecule has 2 aromatic rings. The summed E-state index contributed by atoms with van der Waals surface area (Å²) in [6.45, 7) is 2.18. The van der Waals surface area contributed by atoms with E-state index in [1.54, 1.807) is 13.0 Å². The second kappa shape index (κ2) is 4.09. The molecule has 2 rings (SSSR count). The third-order valence-electron chi connectivity index (χ3n) is 2.38. The van der Waals surface area contributed by atoms with Crippen LogP contribution in [0.4, 0.5) is 5.13 Å². The van der Waals surface area contributed by atoms with E-state index in [1.807, 2.05) is 23.7 Å². The molecule has 0 bridgehead atoms. The highest BCUT2D eigenvalue weighted by Crippen LogP contribution is 2.22. The van der Waals surface area contributed by atoms with E-state index < -0.39 is 0 Å². The highest BCUT2D eigenvalue weighted by Gasteiger charge is 2.14. The monoisotopic (exact) mass is 237 g/mol. The second-order valence-corrected chi connectivity index (χ2v) is 4.46. The average Bonchev–Trinajstić information content (AvgIpc) is 2.55. The van der Waals surface area contributed by atoms with Gasteiger partial charge in [-0.2, -0.15) is 0 Å². The van der Waals surface area contributed by atoms with Gasteiger partial charge in [-0.25, -0.2) is 9.36 Å². The number of hydrogen-bond acceptors (Lipinski definition) is 4. The maximum absolute atomic E-state index is 11.5. The number of nitrogens with two attached hydrogens (primary N) is 1. The van der Waals surface area contributed by atoms with Crippen LogP contribution < -0.4 is 10.3 Å². The standard InChI is InChI=1S/C11H12N2O2S/c1-3-15-10(14)7-4-5-8-9(6-7)16-11(12)13(8)2/h4-6,12H,3H2,1-2H3/p+1. The predicted octanol–water partition coefficient (Wildman–Crippen LogP) is 1.48. The molecule has 0 atom stereocenters. The van der Waals surface area contributed by atoms with Crippen molar-refractivity contribution in [2.75, 3.05) is 12.3 Å². The molecule has 0 spiro atoms. The third kappa shape index (κ3) is 1.74. The average molecular weight is 237 g/mol. The highest BCUT2D eigenvalue weighted by atomic mass is 32.1. The van der Waals surface area contributed by atoms with Crippen LogP contribution in [0.25, 0.3) is 10.2 Å². The number of thiazole rings is 1. The van der Waals surface area contributed by atoms with Crippen molar-refractivity contribution < 1.29 is 14.1 Å². The van der Waals surface area contributed by atoms with Gasteiger partial charge in [-0.3, -0.25) is 5.73 Å². The van der Waals surface area contributed by atoms with Gasteiger partial charge in [0, 0.05) is 0 Å². The quantitative estimate of drug-likeness (QED) is 0.636. The molecule has 0 aliphatic rings. The fourth-order valence-electron chi connectivity index (χ4n) is 1.51. The largest absolute Gasteiger partial charge is 0.462 e.